The first-order valence-corrected chi connectivity index (χ1v) is 9.46. The lowest BCUT2D eigenvalue weighted by Gasteiger charge is -2.24. The van der Waals surface area contributed by atoms with Gasteiger partial charge in [0.05, 0.1) is 0 Å². The molecule has 110 valence electrons. The molecule has 0 spiro atoms. The number of nitrogens with one attached hydrogen (secondary N) is 1. The van der Waals surface area contributed by atoms with Crippen molar-refractivity contribution in [2.24, 2.45) is 0 Å². The van der Waals surface area contributed by atoms with E-state index in [2.05, 4.69) is 63.2 Å². The lowest BCUT2D eigenvalue weighted by Crippen LogP contribution is -2.31. The molecule has 1 unspecified atom stereocenters. The molecule has 0 aromatic heterocycles. The van der Waals surface area contributed by atoms with Gasteiger partial charge in [-0.05, 0) is 49.3 Å². The summed E-state index contributed by atoms with van der Waals surface area (Å²) in [4.78, 5) is 2.50. The minimum absolute atomic E-state index is 0.753. The van der Waals surface area contributed by atoms with Crippen LogP contribution in [-0.2, 0) is 13.1 Å². The highest BCUT2D eigenvalue weighted by Crippen LogP contribution is 2.26. The van der Waals surface area contributed by atoms with Crippen LogP contribution < -0.4 is 5.32 Å². The van der Waals surface area contributed by atoms with Crippen molar-refractivity contribution in [1.82, 2.24) is 10.2 Å². The Labute approximate surface area is 134 Å². The van der Waals surface area contributed by atoms with E-state index < -0.39 is 0 Å². The van der Waals surface area contributed by atoms with Crippen molar-refractivity contribution in [2.75, 3.05) is 18.6 Å². The van der Waals surface area contributed by atoms with Crippen LogP contribution in [0.25, 0.3) is 0 Å². The minimum atomic E-state index is 0.753. The Morgan fingerprint density at radius 1 is 1.35 bits per heavy atom. The third-order valence-electron chi connectivity index (χ3n) is 4.24. The van der Waals surface area contributed by atoms with Gasteiger partial charge in [-0.1, -0.05) is 28.1 Å². The summed E-state index contributed by atoms with van der Waals surface area (Å²) in [5.41, 5.74) is 2.78. The molecule has 20 heavy (non-hydrogen) atoms. The summed E-state index contributed by atoms with van der Waals surface area (Å²) in [6, 6.07) is 8.36. The number of hydrogen-bond acceptors (Lipinski definition) is 3. The molecule has 1 saturated carbocycles. The van der Waals surface area contributed by atoms with E-state index in [-0.39, 0.29) is 0 Å². The maximum Gasteiger partial charge on any atom is 0.0245 e. The van der Waals surface area contributed by atoms with Gasteiger partial charge in [-0.15, -0.1) is 0 Å². The first kappa shape index (κ1) is 14.9. The third-order valence-corrected chi connectivity index (χ3v) is 6.12. The van der Waals surface area contributed by atoms with Crippen LogP contribution in [0.3, 0.4) is 0 Å². The molecule has 1 N–H and O–H groups in total. The third kappa shape index (κ3) is 4.00. The summed E-state index contributed by atoms with van der Waals surface area (Å²) in [6.07, 6.45) is 4.04. The average molecular weight is 355 g/mol. The zero-order chi connectivity index (χ0) is 13.9. The molecule has 1 aliphatic heterocycles. The Kier molecular flexibility index (Phi) is 5.08. The lowest BCUT2D eigenvalue weighted by molar-refractivity contribution is 0.254. The van der Waals surface area contributed by atoms with Gasteiger partial charge in [0, 0.05) is 35.4 Å². The van der Waals surface area contributed by atoms with Crippen molar-refractivity contribution >= 4 is 27.7 Å². The van der Waals surface area contributed by atoms with E-state index in [0.717, 1.165) is 25.2 Å². The molecule has 0 amide bonds. The first-order chi connectivity index (χ1) is 9.72. The van der Waals surface area contributed by atoms with Crippen LogP contribution in [0.4, 0.5) is 0 Å². The molecular formula is C16H23BrN2S. The van der Waals surface area contributed by atoms with Crippen molar-refractivity contribution in [3.8, 4) is 0 Å². The molecule has 1 saturated heterocycles. The predicted molar refractivity (Wildman–Crippen MR) is 91.2 cm³/mol. The highest BCUT2D eigenvalue weighted by Gasteiger charge is 2.21. The molecule has 2 fully saturated rings. The van der Waals surface area contributed by atoms with Crippen LogP contribution in [0.5, 0.6) is 0 Å². The molecule has 2 aliphatic rings. The smallest absolute Gasteiger partial charge is 0.0245 e. The van der Waals surface area contributed by atoms with E-state index in [1.807, 2.05) is 0 Å². The Hall–Kier alpha value is -0.0300. The van der Waals surface area contributed by atoms with Crippen molar-refractivity contribution in [1.29, 1.82) is 0 Å². The number of nitrogens with zero attached hydrogens (tertiary/aromatic N) is 1. The molecule has 1 aliphatic carbocycles. The molecule has 1 atom stereocenters. The molecular weight excluding hydrogens is 332 g/mol. The van der Waals surface area contributed by atoms with Gasteiger partial charge in [-0.2, -0.15) is 11.8 Å². The molecule has 4 heteroatoms. The molecule has 1 aromatic carbocycles. The number of rotatable bonds is 6. The summed E-state index contributed by atoms with van der Waals surface area (Å²) < 4.78 is 1.25. The molecule has 1 aromatic rings. The summed E-state index contributed by atoms with van der Waals surface area (Å²) >= 11 is 5.83. The van der Waals surface area contributed by atoms with Gasteiger partial charge in [0.1, 0.15) is 0 Å². The maximum atomic E-state index is 3.75. The number of thioether (sulfide) groups is 1. The predicted octanol–water partition coefficient (Wildman–Crippen LogP) is 3.64. The topological polar surface area (TPSA) is 15.3 Å². The van der Waals surface area contributed by atoms with Crippen molar-refractivity contribution in [2.45, 2.75) is 44.4 Å². The highest BCUT2D eigenvalue weighted by atomic mass is 79.9. The Morgan fingerprint density at radius 3 is 2.85 bits per heavy atom. The summed E-state index contributed by atoms with van der Waals surface area (Å²) in [5, 5.41) is 3.57. The van der Waals surface area contributed by atoms with E-state index >= 15 is 0 Å². The van der Waals surface area contributed by atoms with Crippen LogP contribution in [0.1, 0.15) is 30.4 Å². The second-order valence-corrected chi connectivity index (χ2v) is 8.02. The van der Waals surface area contributed by atoms with Gasteiger partial charge < -0.3 is 5.32 Å². The molecule has 1 heterocycles. The van der Waals surface area contributed by atoms with Gasteiger partial charge in [-0.3, -0.25) is 4.90 Å². The van der Waals surface area contributed by atoms with Crippen LogP contribution >= 0.6 is 27.7 Å². The molecule has 0 bridgehead atoms. The Bertz CT molecular complexity index is 456. The fraction of sp³-hybridized carbons (Fsp3) is 0.625. The average Bonchev–Trinajstić information content (AvgIpc) is 3.10. The van der Waals surface area contributed by atoms with Gasteiger partial charge in [0.15, 0.2) is 0 Å². The number of benzene rings is 1. The van der Waals surface area contributed by atoms with Crippen LogP contribution in [-0.4, -0.2) is 35.5 Å². The van der Waals surface area contributed by atoms with Crippen LogP contribution in [0, 0.1) is 0 Å². The zero-order valence-electron chi connectivity index (χ0n) is 12.1. The van der Waals surface area contributed by atoms with E-state index in [4.69, 9.17) is 0 Å². The summed E-state index contributed by atoms with van der Waals surface area (Å²) in [7, 11) is 2.26. The van der Waals surface area contributed by atoms with Crippen LogP contribution in [0.15, 0.2) is 22.7 Å². The quantitative estimate of drug-likeness (QED) is 0.839. The molecule has 0 radical (unpaired) electrons. The minimum Gasteiger partial charge on any atom is -0.310 e. The van der Waals surface area contributed by atoms with Gasteiger partial charge in [0.2, 0.25) is 0 Å². The summed E-state index contributed by atoms with van der Waals surface area (Å²) in [6.45, 7) is 2.04. The Morgan fingerprint density at radius 2 is 2.20 bits per heavy atom. The zero-order valence-corrected chi connectivity index (χ0v) is 14.5. The lowest BCUT2D eigenvalue weighted by atomic mass is 10.1. The SMILES string of the molecule is CN(Cc1ccc(CNC2CC2)cc1Br)C1CCSC1. The number of halogens is 1. The van der Waals surface area contributed by atoms with E-state index in [0.29, 0.717) is 0 Å². The van der Waals surface area contributed by atoms with Gasteiger partial charge in [-0.25, -0.2) is 0 Å². The highest BCUT2D eigenvalue weighted by molar-refractivity contribution is 9.10. The van der Waals surface area contributed by atoms with Gasteiger partial charge in [0.25, 0.3) is 0 Å². The van der Waals surface area contributed by atoms with E-state index in [1.54, 1.807) is 0 Å². The standard InChI is InChI=1S/C16H23BrN2S/c1-19(15-6-7-20-11-15)10-13-3-2-12(8-16(13)17)9-18-14-4-5-14/h2-3,8,14-15,18H,4-7,9-11H2,1H3. The summed E-state index contributed by atoms with van der Waals surface area (Å²) in [5.74, 6) is 2.61. The molecule has 3 rings (SSSR count). The largest absolute Gasteiger partial charge is 0.310 e. The first-order valence-electron chi connectivity index (χ1n) is 7.51. The normalized spacial score (nSPS) is 22.6. The second kappa shape index (κ2) is 6.82. The molecule has 2 nitrogen and oxygen atoms in total. The van der Waals surface area contributed by atoms with E-state index in [1.165, 1.54) is 46.4 Å². The number of hydrogen-bond donors (Lipinski definition) is 1. The monoisotopic (exact) mass is 354 g/mol. The van der Waals surface area contributed by atoms with E-state index in [9.17, 15) is 0 Å². The van der Waals surface area contributed by atoms with Gasteiger partial charge >= 0.3 is 0 Å². The van der Waals surface area contributed by atoms with Crippen molar-refractivity contribution in [3.05, 3.63) is 33.8 Å². The second-order valence-electron chi connectivity index (χ2n) is 6.01. The Balaban J connectivity index is 1.57. The van der Waals surface area contributed by atoms with Crippen molar-refractivity contribution < 1.29 is 0 Å². The van der Waals surface area contributed by atoms with Crippen LogP contribution in [0.2, 0.25) is 0 Å². The fourth-order valence-corrected chi connectivity index (χ4v) is 4.50. The maximum absolute atomic E-state index is 3.75. The van der Waals surface area contributed by atoms with Crippen molar-refractivity contribution in [3.63, 3.8) is 0 Å². The fourth-order valence-electron chi connectivity index (χ4n) is 2.65.